The average Bonchev–Trinajstić information content (AvgIpc) is 3.24. The van der Waals surface area contributed by atoms with E-state index in [1.165, 1.54) is 21.3 Å². The first-order valence-electron chi connectivity index (χ1n) is 11.4. The van der Waals surface area contributed by atoms with Crippen LogP contribution in [-0.2, 0) is 23.6 Å². The number of rotatable bonds is 6. The lowest BCUT2D eigenvalue weighted by Gasteiger charge is -2.37. The highest BCUT2D eigenvalue weighted by Gasteiger charge is 2.40. The Labute approximate surface area is 203 Å². The SMILES string of the molecule is CC(NC(=O)c1ccnn1C)c1cc(F)c(CN2[C@@H](C)CC[C@H](c3ccccc3)S2(=O)=O)cc1F. The summed E-state index contributed by atoms with van der Waals surface area (Å²) in [4.78, 5) is 12.4. The lowest BCUT2D eigenvalue weighted by Crippen LogP contribution is -2.44. The fourth-order valence-electron chi connectivity index (χ4n) is 4.52. The zero-order valence-corrected chi connectivity index (χ0v) is 20.6. The van der Waals surface area contributed by atoms with Crippen molar-refractivity contribution in [2.75, 3.05) is 0 Å². The van der Waals surface area contributed by atoms with E-state index in [1.54, 1.807) is 45.2 Å². The van der Waals surface area contributed by atoms with Gasteiger partial charge in [-0.3, -0.25) is 9.48 Å². The van der Waals surface area contributed by atoms with Crippen molar-refractivity contribution in [1.82, 2.24) is 19.4 Å². The van der Waals surface area contributed by atoms with Crippen LogP contribution in [0, 0.1) is 11.6 Å². The summed E-state index contributed by atoms with van der Waals surface area (Å²) in [5.41, 5.74) is 0.884. The molecule has 2 heterocycles. The molecule has 1 aliphatic heterocycles. The third-order valence-corrected chi connectivity index (χ3v) is 8.93. The predicted octanol–water partition coefficient (Wildman–Crippen LogP) is 4.24. The molecule has 0 radical (unpaired) electrons. The van der Waals surface area contributed by atoms with E-state index >= 15 is 8.78 Å². The summed E-state index contributed by atoms with van der Waals surface area (Å²) in [6, 6.07) is 11.3. The van der Waals surface area contributed by atoms with Crippen LogP contribution in [-0.4, -0.2) is 34.5 Å². The van der Waals surface area contributed by atoms with Crippen LogP contribution in [0.1, 0.15) is 65.2 Å². The number of hydrogen-bond acceptors (Lipinski definition) is 4. The summed E-state index contributed by atoms with van der Waals surface area (Å²) >= 11 is 0. The number of halogens is 2. The molecule has 1 fully saturated rings. The minimum Gasteiger partial charge on any atom is -0.344 e. The molecular formula is C25H28F2N4O3S. The number of sulfonamides is 1. The number of hydrogen-bond donors (Lipinski definition) is 1. The Morgan fingerprint density at radius 1 is 1.14 bits per heavy atom. The van der Waals surface area contributed by atoms with Crippen molar-refractivity contribution in [3.8, 4) is 0 Å². The number of nitrogens with zero attached hydrogens (tertiary/aromatic N) is 3. The van der Waals surface area contributed by atoms with Gasteiger partial charge in [-0.15, -0.1) is 0 Å². The van der Waals surface area contributed by atoms with E-state index in [2.05, 4.69) is 10.4 Å². The fourth-order valence-corrected chi connectivity index (χ4v) is 6.71. The molecule has 1 saturated heterocycles. The Hall–Kier alpha value is -3.11. The van der Waals surface area contributed by atoms with Crippen LogP contribution in [0.3, 0.4) is 0 Å². The van der Waals surface area contributed by atoms with E-state index in [1.807, 2.05) is 6.07 Å². The van der Waals surface area contributed by atoms with Crippen molar-refractivity contribution in [1.29, 1.82) is 0 Å². The Morgan fingerprint density at radius 3 is 2.51 bits per heavy atom. The quantitative estimate of drug-likeness (QED) is 0.546. The maximum atomic E-state index is 15.1. The van der Waals surface area contributed by atoms with Crippen LogP contribution < -0.4 is 5.32 Å². The van der Waals surface area contributed by atoms with Gasteiger partial charge in [0.15, 0.2) is 0 Å². The molecule has 1 unspecified atom stereocenters. The highest BCUT2D eigenvalue weighted by Crippen LogP contribution is 2.38. The van der Waals surface area contributed by atoms with Crippen molar-refractivity contribution in [3.63, 3.8) is 0 Å². The Morgan fingerprint density at radius 2 is 1.86 bits per heavy atom. The van der Waals surface area contributed by atoms with Crippen molar-refractivity contribution in [2.24, 2.45) is 7.05 Å². The molecule has 186 valence electrons. The molecule has 0 aliphatic carbocycles. The zero-order valence-electron chi connectivity index (χ0n) is 19.8. The van der Waals surface area contributed by atoms with Crippen molar-refractivity contribution in [2.45, 2.75) is 50.6 Å². The summed E-state index contributed by atoms with van der Waals surface area (Å²) in [6.07, 6.45) is 2.54. The van der Waals surface area contributed by atoms with E-state index in [0.29, 0.717) is 18.4 Å². The highest BCUT2D eigenvalue weighted by atomic mass is 32.2. The molecule has 0 saturated carbocycles. The van der Waals surface area contributed by atoms with Crippen LogP contribution in [0.15, 0.2) is 54.7 Å². The number of amides is 1. The molecule has 3 atom stereocenters. The molecule has 0 bridgehead atoms. The number of nitrogens with one attached hydrogen (secondary N) is 1. The molecule has 3 aromatic rings. The first kappa shape index (κ1) is 25.0. The van der Waals surface area contributed by atoms with E-state index in [0.717, 1.165) is 12.1 Å². The lowest BCUT2D eigenvalue weighted by atomic mass is 10.0. The van der Waals surface area contributed by atoms with E-state index < -0.39 is 38.9 Å². The Kier molecular flexibility index (Phi) is 7.05. The van der Waals surface area contributed by atoms with Crippen LogP contribution in [0.25, 0.3) is 0 Å². The average molecular weight is 503 g/mol. The molecule has 4 rings (SSSR count). The molecule has 1 aliphatic rings. The van der Waals surface area contributed by atoms with E-state index in [9.17, 15) is 13.2 Å². The van der Waals surface area contributed by atoms with Crippen LogP contribution in [0.2, 0.25) is 0 Å². The lowest BCUT2D eigenvalue weighted by molar-refractivity contribution is 0.0929. The third kappa shape index (κ3) is 4.99. The monoisotopic (exact) mass is 502 g/mol. The molecule has 1 amide bonds. The molecule has 35 heavy (non-hydrogen) atoms. The van der Waals surface area contributed by atoms with Crippen LogP contribution >= 0.6 is 0 Å². The molecule has 1 N–H and O–H groups in total. The van der Waals surface area contributed by atoms with Gasteiger partial charge in [-0.1, -0.05) is 30.3 Å². The molecule has 1 aromatic heterocycles. The van der Waals surface area contributed by atoms with Gasteiger partial charge < -0.3 is 5.32 Å². The van der Waals surface area contributed by atoms with E-state index in [-0.39, 0.29) is 29.4 Å². The van der Waals surface area contributed by atoms with Gasteiger partial charge in [-0.25, -0.2) is 17.2 Å². The van der Waals surface area contributed by atoms with Gasteiger partial charge in [-0.2, -0.15) is 9.40 Å². The topological polar surface area (TPSA) is 84.3 Å². The normalized spacial score (nSPS) is 20.9. The number of aromatic nitrogens is 2. The maximum Gasteiger partial charge on any atom is 0.270 e. The molecular weight excluding hydrogens is 474 g/mol. The molecule has 0 spiro atoms. The van der Waals surface area contributed by atoms with Gasteiger partial charge in [0.2, 0.25) is 10.0 Å². The maximum absolute atomic E-state index is 15.1. The summed E-state index contributed by atoms with van der Waals surface area (Å²) in [6.45, 7) is 3.05. The van der Waals surface area contributed by atoms with Crippen LogP contribution in [0.5, 0.6) is 0 Å². The van der Waals surface area contributed by atoms with Gasteiger partial charge in [0.1, 0.15) is 22.6 Å². The second kappa shape index (κ2) is 9.87. The van der Waals surface area contributed by atoms with Gasteiger partial charge >= 0.3 is 0 Å². The van der Waals surface area contributed by atoms with Crippen molar-refractivity contribution in [3.05, 3.63) is 88.7 Å². The summed E-state index contributed by atoms with van der Waals surface area (Å²) in [7, 11) is -2.18. The number of benzene rings is 2. The second-order valence-electron chi connectivity index (χ2n) is 8.92. The summed E-state index contributed by atoms with van der Waals surface area (Å²) in [5, 5.41) is 5.84. The number of carbonyl (C=O) groups is 1. The van der Waals surface area contributed by atoms with Crippen molar-refractivity contribution < 1.29 is 22.0 Å². The largest absolute Gasteiger partial charge is 0.344 e. The Bertz CT molecular complexity index is 1330. The predicted molar refractivity (Wildman–Crippen MR) is 128 cm³/mol. The Balaban J connectivity index is 1.56. The molecule has 2 aromatic carbocycles. The smallest absolute Gasteiger partial charge is 0.270 e. The highest BCUT2D eigenvalue weighted by molar-refractivity contribution is 7.89. The molecule has 7 nitrogen and oxygen atoms in total. The standard InChI is InChI=1S/C25H28F2N4O3S/c1-16-9-10-24(18-7-5-4-6-8-18)35(33,34)31(16)15-19-13-22(27)20(14-21(19)26)17(2)29-25(32)23-11-12-28-30(23)3/h4-8,11-14,16-17,24H,9-10,15H2,1-3H3,(H,29,32)/t16-,17?,24+/m0/s1. The minimum absolute atomic E-state index is 0.0292. The molecule has 10 heteroatoms. The summed E-state index contributed by atoms with van der Waals surface area (Å²) in [5.74, 6) is -1.92. The van der Waals surface area contributed by atoms with E-state index in [4.69, 9.17) is 0 Å². The van der Waals surface area contributed by atoms with Gasteiger partial charge in [-0.05, 0) is 50.5 Å². The second-order valence-corrected chi connectivity index (χ2v) is 11.0. The third-order valence-electron chi connectivity index (χ3n) is 6.56. The van der Waals surface area contributed by atoms with Crippen molar-refractivity contribution >= 4 is 15.9 Å². The zero-order chi connectivity index (χ0) is 25.3. The summed E-state index contributed by atoms with van der Waals surface area (Å²) < 4.78 is 59.6. The number of carbonyl (C=O) groups excluding carboxylic acids is 1. The van der Waals surface area contributed by atoms with Gasteiger partial charge in [0, 0.05) is 37.0 Å². The first-order chi connectivity index (χ1) is 16.6. The number of aryl methyl sites for hydroxylation is 1. The minimum atomic E-state index is -3.79. The van der Waals surface area contributed by atoms with Gasteiger partial charge in [0.05, 0.1) is 6.04 Å². The first-order valence-corrected chi connectivity index (χ1v) is 12.9. The fraction of sp³-hybridized carbons (Fsp3) is 0.360. The van der Waals surface area contributed by atoms with Gasteiger partial charge in [0.25, 0.3) is 5.91 Å². The van der Waals surface area contributed by atoms with Crippen LogP contribution in [0.4, 0.5) is 8.78 Å².